The summed E-state index contributed by atoms with van der Waals surface area (Å²) >= 11 is 0. The molecule has 10 heteroatoms. The first-order chi connectivity index (χ1) is 20.0. The molecule has 224 valence electrons. The first kappa shape index (κ1) is 27.6. The van der Waals surface area contributed by atoms with Crippen molar-refractivity contribution < 1.29 is 24.2 Å². The number of nitrogens with one attached hydrogen (secondary N) is 2. The zero-order valence-corrected chi connectivity index (χ0v) is 25.0. The van der Waals surface area contributed by atoms with Gasteiger partial charge in [0, 0.05) is 42.1 Å². The monoisotopic (exact) mass is 575 g/mol. The molecule has 5 aliphatic rings. The van der Waals surface area contributed by atoms with E-state index in [2.05, 4.69) is 33.5 Å². The van der Waals surface area contributed by atoms with Crippen molar-refractivity contribution in [1.82, 2.24) is 25.0 Å². The lowest BCUT2D eigenvalue weighted by Crippen LogP contribution is -2.72. The second-order valence-corrected chi connectivity index (χ2v) is 13.3. The highest BCUT2D eigenvalue weighted by molar-refractivity contribution is 6.01. The molecule has 1 aliphatic carbocycles. The summed E-state index contributed by atoms with van der Waals surface area (Å²) in [5, 5.41) is 16.4. The molecule has 1 aromatic heterocycles. The molecular formula is C32H41N5O5. The largest absolute Gasteiger partial charge is 0.361 e. The molecule has 3 amide bonds. The SMILES string of the molecule is CC[C@@H](C)[C@H]1C(=O)N2CCC[C@H]2[C@]2(O)O[C@](NC(=O)[C@@H]3C=C4c5cccc6[nH]cc(c56)C[C@@H]4N(C)C3)(C(C)C)C(=O)N12. The summed E-state index contributed by atoms with van der Waals surface area (Å²) in [7, 11) is 2.03. The van der Waals surface area contributed by atoms with Crippen LogP contribution in [0.3, 0.4) is 0 Å². The van der Waals surface area contributed by atoms with Crippen molar-refractivity contribution in [2.24, 2.45) is 17.8 Å². The summed E-state index contributed by atoms with van der Waals surface area (Å²) < 4.78 is 6.45. The fourth-order valence-electron chi connectivity index (χ4n) is 8.11. The van der Waals surface area contributed by atoms with Crippen molar-refractivity contribution in [3.8, 4) is 0 Å². The van der Waals surface area contributed by atoms with Gasteiger partial charge in [0.2, 0.25) is 17.5 Å². The molecule has 0 bridgehead atoms. The third-order valence-corrected chi connectivity index (χ3v) is 10.6. The molecule has 5 heterocycles. The zero-order valence-electron chi connectivity index (χ0n) is 25.0. The Morgan fingerprint density at radius 3 is 2.79 bits per heavy atom. The maximum absolute atomic E-state index is 14.4. The van der Waals surface area contributed by atoms with Crippen LogP contribution < -0.4 is 5.32 Å². The maximum Gasteiger partial charge on any atom is 0.281 e. The number of benzene rings is 1. The number of hydrogen-bond donors (Lipinski definition) is 3. The van der Waals surface area contributed by atoms with Crippen LogP contribution >= 0.6 is 0 Å². The third-order valence-electron chi connectivity index (χ3n) is 10.6. The van der Waals surface area contributed by atoms with Crippen LogP contribution in [0.2, 0.25) is 0 Å². The number of piperazine rings is 1. The van der Waals surface area contributed by atoms with Crippen LogP contribution in [0, 0.1) is 17.8 Å². The molecule has 7 rings (SSSR count). The van der Waals surface area contributed by atoms with Crippen LogP contribution in [-0.4, -0.2) is 92.4 Å². The van der Waals surface area contributed by atoms with E-state index in [-0.39, 0.29) is 23.8 Å². The number of H-pyrrole nitrogens is 1. The molecule has 3 fully saturated rings. The van der Waals surface area contributed by atoms with E-state index in [4.69, 9.17) is 4.74 Å². The molecule has 0 radical (unpaired) electrons. The summed E-state index contributed by atoms with van der Waals surface area (Å²) in [5.74, 6) is -4.28. The lowest BCUT2D eigenvalue weighted by molar-refractivity contribution is -0.324. The number of ether oxygens (including phenoxy) is 1. The standard InChI is InChI=1S/C32H41N5O5/c1-6-18(4)27-29(39)36-12-8-11-25(36)32(41)37(27)30(40)31(42-32,17(2)3)34-28(38)20-13-22-21-9-7-10-23-26(21)19(15-33-23)14-24(22)35(5)16-20/h7,9-10,13,15,17-18,20,24-25,27,33,41H,6,8,11-12,14,16H2,1-5H3,(H,34,38)/t18-,20-,24+,25+,27+,31-,32+/m1/s1. The minimum atomic E-state index is -2.01. The third kappa shape index (κ3) is 3.58. The summed E-state index contributed by atoms with van der Waals surface area (Å²) in [6, 6.07) is 4.82. The predicted molar refractivity (Wildman–Crippen MR) is 156 cm³/mol. The van der Waals surface area contributed by atoms with Gasteiger partial charge in [-0.15, -0.1) is 0 Å². The molecule has 7 atom stereocenters. The second-order valence-electron chi connectivity index (χ2n) is 13.3. The van der Waals surface area contributed by atoms with E-state index >= 15 is 0 Å². The fraction of sp³-hybridized carbons (Fsp3) is 0.594. The highest BCUT2D eigenvalue weighted by atomic mass is 16.7. The molecule has 3 saturated heterocycles. The summed E-state index contributed by atoms with van der Waals surface area (Å²) in [4.78, 5) is 50.8. The number of likely N-dealkylation sites (N-methyl/N-ethyl adjacent to an activating group) is 1. The van der Waals surface area contributed by atoms with Gasteiger partial charge in [-0.25, -0.2) is 0 Å². The number of fused-ring (bicyclic) bond motifs is 5. The smallest absolute Gasteiger partial charge is 0.281 e. The molecule has 4 aliphatic heterocycles. The van der Waals surface area contributed by atoms with E-state index in [1.807, 2.05) is 46.9 Å². The van der Waals surface area contributed by atoms with Gasteiger partial charge in [0.25, 0.3) is 11.8 Å². The molecule has 10 nitrogen and oxygen atoms in total. The maximum atomic E-state index is 14.4. The molecular weight excluding hydrogens is 534 g/mol. The van der Waals surface area contributed by atoms with Gasteiger partial charge >= 0.3 is 0 Å². The van der Waals surface area contributed by atoms with Crippen LogP contribution in [0.25, 0.3) is 16.5 Å². The number of carbonyl (C=O) groups excluding carboxylic acids is 3. The van der Waals surface area contributed by atoms with Crippen LogP contribution in [0.15, 0.2) is 30.5 Å². The van der Waals surface area contributed by atoms with E-state index in [0.29, 0.717) is 25.9 Å². The predicted octanol–water partition coefficient (Wildman–Crippen LogP) is 2.43. The Bertz CT molecular complexity index is 1520. The van der Waals surface area contributed by atoms with E-state index < -0.39 is 41.5 Å². The average molecular weight is 576 g/mol. The quantitative estimate of drug-likeness (QED) is 0.504. The highest BCUT2D eigenvalue weighted by Crippen LogP contribution is 2.49. The molecule has 0 saturated carbocycles. The molecule has 42 heavy (non-hydrogen) atoms. The molecule has 2 aromatic rings. The van der Waals surface area contributed by atoms with Crippen molar-refractivity contribution in [3.63, 3.8) is 0 Å². The fourth-order valence-corrected chi connectivity index (χ4v) is 8.11. The topological polar surface area (TPSA) is 118 Å². The van der Waals surface area contributed by atoms with Gasteiger partial charge in [-0.2, -0.15) is 0 Å². The Morgan fingerprint density at radius 1 is 1.26 bits per heavy atom. The number of aromatic nitrogens is 1. The normalized spacial score (nSPS) is 34.9. The van der Waals surface area contributed by atoms with Crippen LogP contribution in [-0.2, 0) is 25.5 Å². The number of rotatable bonds is 5. The summed E-state index contributed by atoms with van der Waals surface area (Å²) in [6.07, 6.45) is 6.87. The van der Waals surface area contributed by atoms with E-state index in [9.17, 15) is 19.5 Å². The number of aliphatic hydroxyl groups is 1. The van der Waals surface area contributed by atoms with Gasteiger partial charge in [-0.1, -0.05) is 52.3 Å². The lowest BCUT2D eigenvalue weighted by atomic mass is 9.79. The molecule has 0 unspecified atom stereocenters. The lowest BCUT2D eigenvalue weighted by Gasteiger charge is -2.50. The van der Waals surface area contributed by atoms with Crippen molar-refractivity contribution in [3.05, 3.63) is 41.6 Å². The van der Waals surface area contributed by atoms with E-state index in [0.717, 1.165) is 29.5 Å². The number of hydrogen-bond acceptors (Lipinski definition) is 6. The highest BCUT2D eigenvalue weighted by Gasteiger charge is 2.72. The summed E-state index contributed by atoms with van der Waals surface area (Å²) in [5.41, 5.74) is 2.79. The number of aromatic amines is 1. The number of carbonyl (C=O) groups is 3. The Kier molecular flexibility index (Phi) is 6.18. The van der Waals surface area contributed by atoms with Gasteiger partial charge in [-0.3, -0.25) is 28.9 Å². The molecule has 0 spiro atoms. The van der Waals surface area contributed by atoms with Gasteiger partial charge in [-0.05, 0) is 55.0 Å². The van der Waals surface area contributed by atoms with Gasteiger partial charge in [0.05, 0.1) is 5.92 Å². The zero-order chi connectivity index (χ0) is 29.7. The minimum Gasteiger partial charge on any atom is -0.361 e. The second kappa shape index (κ2) is 9.39. The van der Waals surface area contributed by atoms with Gasteiger partial charge < -0.3 is 20.3 Å². The first-order valence-corrected chi connectivity index (χ1v) is 15.4. The number of amides is 3. The Labute approximate surface area is 246 Å². The molecule has 3 N–H and O–H groups in total. The van der Waals surface area contributed by atoms with Crippen molar-refractivity contribution in [2.45, 2.75) is 83.1 Å². The van der Waals surface area contributed by atoms with Gasteiger partial charge in [0.15, 0.2) is 0 Å². The van der Waals surface area contributed by atoms with Crippen molar-refractivity contribution in [2.75, 3.05) is 20.1 Å². The average Bonchev–Trinajstić information content (AvgIpc) is 3.68. The van der Waals surface area contributed by atoms with Crippen LogP contribution in [0.1, 0.15) is 58.1 Å². The van der Waals surface area contributed by atoms with Gasteiger partial charge in [0.1, 0.15) is 12.1 Å². The molecule has 1 aromatic carbocycles. The van der Waals surface area contributed by atoms with Crippen LogP contribution in [0.4, 0.5) is 0 Å². The minimum absolute atomic E-state index is 0.150. The summed E-state index contributed by atoms with van der Waals surface area (Å²) in [6.45, 7) is 8.50. The number of nitrogens with zero attached hydrogens (tertiary/aromatic N) is 3. The Hall–Kier alpha value is -3.21. The van der Waals surface area contributed by atoms with Crippen molar-refractivity contribution >= 4 is 34.2 Å². The van der Waals surface area contributed by atoms with Crippen molar-refractivity contribution in [1.29, 1.82) is 0 Å². The van der Waals surface area contributed by atoms with E-state index in [1.165, 1.54) is 15.8 Å². The first-order valence-electron chi connectivity index (χ1n) is 15.4. The van der Waals surface area contributed by atoms with E-state index in [1.54, 1.807) is 4.90 Å². The Balaban J connectivity index is 1.25. The Morgan fingerprint density at radius 2 is 2.05 bits per heavy atom. The van der Waals surface area contributed by atoms with Crippen LogP contribution in [0.5, 0.6) is 0 Å².